The maximum atomic E-state index is 14.5. The molecule has 8 heteroatoms. The Morgan fingerprint density at radius 2 is 1.84 bits per heavy atom. The van der Waals surface area contributed by atoms with E-state index >= 15 is 0 Å². The number of fused-ring (bicyclic) bond motifs is 2. The largest absolute Gasteiger partial charge is 0.466 e. The number of H-pyrrole nitrogens is 1. The Balaban J connectivity index is 1.55. The van der Waals surface area contributed by atoms with E-state index in [0.29, 0.717) is 25.5 Å². The minimum atomic E-state index is -0.863. The third kappa shape index (κ3) is 4.31. The van der Waals surface area contributed by atoms with Crippen molar-refractivity contribution in [3.8, 4) is 5.69 Å². The number of hydrogen-bond acceptors (Lipinski definition) is 4. The first-order valence-corrected chi connectivity index (χ1v) is 13.3. The molecule has 1 aliphatic heterocycles. The number of aromatic amines is 1. The Morgan fingerprint density at radius 3 is 2.57 bits per heavy atom. The van der Waals surface area contributed by atoms with Crippen LogP contribution in [-0.2, 0) is 14.3 Å². The van der Waals surface area contributed by atoms with Crippen molar-refractivity contribution in [2.45, 2.75) is 57.3 Å². The van der Waals surface area contributed by atoms with Gasteiger partial charge in [0.2, 0.25) is 0 Å². The van der Waals surface area contributed by atoms with E-state index in [1.54, 1.807) is 12.3 Å². The van der Waals surface area contributed by atoms with Gasteiger partial charge >= 0.3 is 5.97 Å². The van der Waals surface area contributed by atoms with Gasteiger partial charge in [0.1, 0.15) is 0 Å². The number of rotatable bonds is 5. The molecule has 0 spiro atoms. The Labute approximate surface area is 213 Å². The number of carbonyl (C=O) groups is 1. The summed E-state index contributed by atoms with van der Waals surface area (Å²) >= 11 is 0. The molecule has 2 aliphatic rings. The Hall–Kier alpha value is -3.26. The highest BCUT2D eigenvalue weighted by molar-refractivity contribution is 5.99. The van der Waals surface area contributed by atoms with Gasteiger partial charge in [-0.05, 0) is 81.2 Å². The number of nitrogens with zero attached hydrogens (tertiary/aromatic N) is 2. The number of ether oxygens (including phenoxy) is 2. The second-order valence-corrected chi connectivity index (χ2v) is 10.2. The molecule has 0 radical (unpaired) electrons. The van der Waals surface area contributed by atoms with Gasteiger partial charge < -0.3 is 14.0 Å². The van der Waals surface area contributed by atoms with E-state index < -0.39 is 11.6 Å². The van der Waals surface area contributed by atoms with E-state index in [9.17, 15) is 13.6 Å². The van der Waals surface area contributed by atoms with Crippen molar-refractivity contribution >= 4 is 27.8 Å². The van der Waals surface area contributed by atoms with Crippen molar-refractivity contribution < 1.29 is 23.0 Å². The van der Waals surface area contributed by atoms with Crippen molar-refractivity contribution in [1.29, 1.82) is 0 Å². The minimum Gasteiger partial charge on any atom is -0.466 e. The number of carbonyl (C=O) groups excluding carboxylic acids is 1. The van der Waals surface area contributed by atoms with Crippen molar-refractivity contribution in [3.63, 3.8) is 0 Å². The molecule has 3 heterocycles. The van der Waals surface area contributed by atoms with Gasteiger partial charge in [-0.2, -0.15) is 5.10 Å². The summed E-state index contributed by atoms with van der Waals surface area (Å²) in [6.07, 6.45) is 6.82. The van der Waals surface area contributed by atoms with Crippen LogP contribution in [0.5, 0.6) is 0 Å². The summed E-state index contributed by atoms with van der Waals surface area (Å²) in [6, 6.07) is 8.38. The number of benzene rings is 2. The fraction of sp³-hybridized carbons (Fsp3) is 0.448. The number of nitrogens with one attached hydrogen (secondary N) is 1. The fourth-order valence-corrected chi connectivity index (χ4v) is 6.35. The molecule has 1 aliphatic carbocycles. The lowest BCUT2D eigenvalue weighted by molar-refractivity contribution is -0.149. The molecule has 37 heavy (non-hydrogen) atoms. The lowest BCUT2D eigenvalue weighted by Gasteiger charge is -2.31. The highest BCUT2D eigenvalue weighted by atomic mass is 19.2. The van der Waals surface area contributed by atoms with Crippen molar-refractivity contribution in [2.24, 2.45) is 5.92 Å². The maximum absolute atomic E-state index is 14.5. The Kier molecular flexibility index (Phi) is 6.44. The van der Waals surface area contributed by atoms with Gasteiger partial charge in [-0.3, -0.25) is 9.89 Å². The van der Waals surface area contributed by atoms with Crippen LogP contribution in [0.15, 0.2) is 36.5 Å². The first-order valence-electron chi connectivity index (χ1n) is 13.3. The second-order valence-electron chi connectivity index (χ2n) is 10.2. The summed E-state index contributed by atoms with van der Waals surface area (Å²) < 4.78 is 41.6. The first kappa shape index (κ1) is 24.1. The standard InChI is InChI=1S/C29H31F2N3O3/c1-2-37-29(35)19-5-3-17(4-6-19)27-22-15-25-20(16-32-33-25)13-26(22)34(21-7-8-23(30)24(31)14-21)28(27)18-9-11-36-12-10-18/h7-8,13-19H,2-6,9-12H2,1H3,(H,32,33). The highest BCUT2D eigenvalue weighted by Crippen LogP contribution is 2.47. The average Bonchev–Trinajstić information content (AvgIpc) is 3.51. The molecule has 4 aromatic rings. The molecule has 0 bridgehead atoms. The van der Waals surface area contributed by atoms with E-state index in [1.807, 2.05) is 6.92 Å². The molecule has 1 saturated carbocycles. The second kappa shape index (κ2) is 9.89. The Morgan fingerprint density at radius 1 is 1.05 bits per heavy atom. The Bertz CT molecular complexity index is 1450. The first-order chi connectivity index (χ1) is 18.0. The van der Waals surface area contributed by atoms with E-state index in [1.165, 1.54) is 17.7 Å². The topological polar surface area (TPSA) is 69.1 Å². The fourth-order valence-electron chi connectivity index (χ4n) is 6.35. The van der Waals surface area contributed by atoms with Crippen molar-refractivity contribution in [3.05, 3.63) is 59.4 Å². The number of hydrogen-bond donors (Lipinski definition) is 1. The molecular formula is C29H31F2N3O3. The summed E-state index contributed by atoms with van der Waals surface area (Å²) in [4.78, 5) is 12.4. The molecule has 1 saturated heterocycles. The number of halogens is 2. The van der Waals surface area contributed by atoms with E-state index in [0.717, 1.165) is 66.0 Å². The van der Waals surface area contributed by atoms with Crippen LogP contribution in [0.25, 0.3) is 27.5 Å². The smallest absolute Gasteiger partial charge is 0.308 e. The zero-order valence-electron chi connectivity index (χ0n) is 20.9. The molecule has 0 amide bonds. The van der Waals surface area contributed by atoms with Crippen LogP contribution in [0, 0.1) is 17.6 Å². The van der Waals surface area contributed by atoms with Gasteiger partial charge in [0, 0.05) is 47.4 Å². The maximum Gasteiger partial charge on any atom is 0.308 e. The molecule has 0 unspecified atom stereocenters. The zero-order chi connectivity index (χ0) is 25.5. The minimum absolute atomic E-state index is 0.0680. The SMILES string of the molecule is CCOC(=O)C1CCC(c2c(C3CCOCC3)n(-c3ccc(F)c(F)c3)c3cc4cn[nH]c4cc23)CC1. The lowest BCUT2D eigenvalue weighted by atomic mass is 9.76. The molecule has 0 atom stereocenters. The summed E-state index contributed by atoms with van der Waals surface area (Å²) in [7, 11) is 0. The molecule has 1 N–H and O–H groups in total. The van der Waals surface area contributed by atoms with Gasteiger partial charge in [0.25, 0.3) is 0 Å². The van der Waals surface area contributed by atoms with E-state index in [2.05, 4.69) is 26.9 Å². The van der Waals surface area contributed by atoms with Crippen LogP contribution in [-0.4, -0.2) is 40.6 Å². The summed E-state index contributed by atoms with van der Waals surface area (Å²) in [6.45, 7) is 3.58. The quantitative estimate of drug-likeness (QED) is 0.313. The lowest BCUT2D eigenvalue weighted by Crippen LogP contribution is -2.24. The third-order valence-corrected chi connectivity index (χ3v) is 8.13. The number of aromatic nitrogens is 3. The monoisotopic (exact) mass is 507 g/mol. The molecular weight excluding hydrogens is 476 g/mol. The van der Waals surface area contributed by atoms with Crippen LogP contribution in [0.4, 0.5) is 8.78 Å². The summed E-state index contributed by atoms with van der Waals surface area (Å²) in [5, 5.41) is 9.38. The third-order valence-electron chi connectivity index (χ3n) is 8.13. The molecule has 6 rings (SSSR count). The van der Waals surface area contributed by atoms with E-state index in [-0.39, 0.29) is 23.7 Å². The van der Waals surface area contributed by atoms with Crippen LogP contribution in [0.3, 0.4) is 0 Å². The zero-order valence-corrected chi connectivity index (χ0v) is 20.9. The van der Waals surface area contributed by atoms with Gasteiger partial charge in [-0.1, -0.05) is 0 Å². The predicted octanol–water partition coefficient (Wildman–Crippen LogP) is 6.52. The van der Waals surface area contributed by atoms with Crippen LogP contribution >= 0.6 is 0 Å². The van der Waals surface area contributed by atoms with Crippen molar-refractivity contribution in [2.75, 3.05) is 19.8 Å². The molecule has 2 aromatic carbocycles. The predicted molar refractivity (Wildman–Crippen MR) is 137 cm³/mol. The molecule has 2 fully saturated rings. The average molecular weight is 508 g/mol. The van der Waals surface area contributed by atoms with Gasteiger partial charge in [0.15, 0.2) is 11.6 Å². The van der Waals surface area contributed by atoms with Gasteiger partial charge in [0.05, 0.1) is 29.8 Å². The molecule has 2 aromatic heterocycles. The summed E-state index contributed by atoms with van der Waals surface area (Å²) in [5.74, 6) is -1.42. The highest BCUT2D eigenvalue weighted by Gasteiger charge is 2.35. The van der Waals surface area contributed by atoms with Crippen LogP contribution in [0.1, 0.15) is 68.5 Å². The molecule has 6 nitrogen and oxygen atoms in total. The normalized spacial score (nSPS) is 21.1. The summed E-state index contributed by atoms with van der Waals surface area (Å²) in [5.41, 5.74) is 4.92. The number of esters is 1. The van der Waals surface area contributed by atoms with E-state index in [4.69, 9.17) is 9.47 Å². The van der Waals surface area contributed by atoms with Gasteiger partial charge in [-0.25, -0.2) is 8.78 Å². The molecule has 194 valence electrons. The van der Waals surface area contributed by atoms with Crippen molar-refractivity contribution in [1.82, 2.24) is 14.8 Å². The van der Waals surface area contributed by atoms with Crippen LogP contribution < -0.4 is 0 Å². The van der Waals surface area contributed by atoms with Crippen LogP contribution in [0.2, 0.25) is 0 Å². The van der Waals surface area contributed by atoms with Gasteiger partial charge in [-0.15, -0.1) is 0 Å².